The molecule has 6 atom stereocenters. The molecule has 3 aliphatic rings. The van der Waals surface area contributed by atoms with E-state index < -0.39 is 30.1 Å². The molecule has 17 heavy (non-hydrogen) atoms. The third-order valence-electron chi connectivity index (χ3n) is 3.84. The molecule has 0 unspecified atom stereocenters. The fourth-order valence-electron chi connectivity index (χ4n) is 3.01. The number of hydrogen-bond acceptors (Lipinski definition) is 6. The molecule has 0 radical (unpaired) electrons. The first-order valence-corrected chi connectivity index (χ1v) is 5.51. The van der Waals surface area contributed by atoms with Gasteiger partial charge in [0, 0.05) is 5.92 Å². The average Bonchev–Trinajstić information content (AvgIpc) is 2.80. The molecule has 0 aromatic heterocycles. The summed E-state index contributed by atoms with van der Waals surface area (Å²) in [6.07, 6.45) is 1.43. The van der Waals surface area contributed by atoms with Crippen molar-refractivity contribution >= 4 is 5.97 Å². The number of hydrogen-bond donors (Lipinski definition) is 2. The summed E-state index contributed by atoms with van der Waals surface area (Å²) in [4.78, 5) is 11.6. The SMILES string of the molecule is COC(=O)[C@@H]1[C@@H]2C=C[C@@]3(O)CO[C@@H](O[C@@H]1O)[C@@H]23. The molecular weight excluding hydrogens is 228 g/mol. The molecule has 2 N–H and O–H groups in total. The summed E-state index contributed by atoms with van der Waals surface area (Å²) in [6.45, 7) is 0.121. The molecule has 0 spiro atoms. The molecule has 2 fully saturated rings. The van der Waals surface area contributed by atoms with Gasteiger partial charge in [0.2, 0.25) is 0 Å². The Labute approximate surface area is 97.8 Å². The van der Waals surface area contributed by atoms with Crippen LogP contribution in [0.4, 0.5) is 0 Å². The fourth-order valence-corrected chi connectivity index (χ4v) is 3.01. The maximum absolute atomic E-state index is 11.6. The number of rotatable bonds is 1. The number of carbonyl (C=O) groups is 1. The zero-order valence-electron chi connectivity index (χ0n) is 9.28. The smallest absolute Gasteiger partial charge is 0.314 e. The van der Waals surface area contributed by atoms with Gasteiger partial charge in [-0.25, -0.2) is 0 Å². The number of aliphatic hydroxyl groups excluding tert-OH is 1. The zero-order chi connectivity index (χ0) is 12.2. The Hall–Kier alpha value is -0.950. The third-order valence-corrected chi connectivity index (χ3v) is 3.84. The first-order chi connectivity index (χ1) is 8.07. The van der Waals surface area contributed by atoms with E-state index in [2.05, 4.69) is 4.74 Å². The van der Waals surface area contributed by atoms with Gasteiger partial charge in [-0.1, -0.05) is 12.2 Å². The van der Waals surface area contributed by atoms with Crippen molar-refractivity contribution in [3.8, 4) is 0 Å². The molecule has 2 saturated heterocycles. The molecule has 94 valence electrons. The summed E-state index contributed by atoms with van der Waals surface area (Å²) in [5.41, 5.74) is -1.10. The van der Waals surface area contributed by atoms with Gasteiger partial charge in [-0.15, -0.1) is 0 Å². The highest BCUT2D eigenvalue weighted by molar-refractivity contribution is 5.74. The minimum Gasteiger partial charge on any atom is -0.469 e. The van der Waals surface area contributed by atoms with Crippen molar-refractivity contribution < 1.29 is 29.2 Å². The molecule has 0 amide bonds. The van der Waals surface area contributed by atoms with Crippen LogP contribution in [0.15, 0.2) is 12.2 Å². The molecule has 6 nitrogen and oxygen atoms in total. The van der Waals surface area contributed by atoms with Crippen molar-refractivity contribution in [3.63, 3.8) is 0 Å². The lowest BCUT2D eigenvalue weighted by atomic mass is 9.77. The topological polar surface area (TPSA) is 85.2 Å². The molecule has 2 aliphatic heterocycles. The van der Waals surface area contributed by atoms with E-state index >= 15 is 0 Å². The van der Waals surface area contributed by atoms with Crippen LogP contribution in [0.1, 0.15) is 0 Å². The molecule has 2 heterocycles. The second-order valence-corrected chi connectivity index (χ2v) is 4.71. The van der Waals surface area contributed by atoms with Crippen molar-refractivity contribution in [2.24, 2.45) is 17.8 Å². The van der Waals surface area contributed by atoms with Crippen molar-refractivity contribution in [3.05, 3.63) is 12.2 Å². The number of ether oxygens (including phenoxy) is 3. The van der Waals surface area contributed by atoms with E-state index in [9.17, 15) is 15.0 Å². The van der Waals surface area contributed by atoms with Crippen LogP contribution in [0, 0.1) is 17.8 Å². The zero-order valence-corrected chi connectivity index (χ0v) is 9.28. The number of aliphatic hydroxyl groups is 2. The minimum absolute atomic E-state index is 0.121. The van der Waals surface area contributed by atoms with Crippen LogP contribution < -0.4 is 0 Å². The van der Waals surface area contributed by atoms with E-state index in [0.717, 1.165) is 0 Å². The Morgan fingerprint density at radius 1 is 1.59 bits per heavy atom. The fraction of sp³-hybridized carbons (Fsp3) is 0.727. The minimum atomic E-state index is -1.27. The van der Waals surface area contributed by atoms with E-state index in [4.69, 9.17) is 9.47 Å². The van der Waals surface area contributed by atoms with E-state index in [1.165, 1.54) is 7.11 Å². The average molecular weight is 242 g/mol. The summed E-state index contributed by atoms with van der Waals surface area (Å²) in [7, 11) is 1.26. The predicted molar refractivity (Wildman–Crippen MR) is 53.4 cm³/mol. The van der Waals surface area contributed by atoms with E-state index in [0.29, 0.717) is 0 Å². The molecule has 1 aliphatic carbocycles. The highest BCUT2D eigenvalue weighted by atomic mass is 16.7. The normalized spacial score (nSPS) is 51.4. The maximum Gasteiger partial charge on any atom is 0.314 e. The Kier molecular flexibility index (Phi) is 2.31. The number of allylic oxidation sites excluding steroid dienone is 1. The molecule has 6 heteroatoms. The van der Waals surface area contributed by atoms with Crippen molar-refractivity contribution in [1.29, 1.82) is 0 Å². The van der Waals surface area contributed by atoms with Gasteiger partial charge in [0.15, 0.2) is 12.6 Å². The van der Waals surface area contributed by atoms with Crippen molar-refractivity contribution in [1.82, 2.24) is 0 Å². The lowest BCUT2D eigenvalue weighted by molar-refractivity contribution is -0.280. The lowest BCUT2D eigenvalue weighted by Crippen LogP contribution is -2.51. The first-order valence-electron chi connectivity index (χ1n) is 5.51. The molecule has 0 aromatic carbocycles. The maximum atomic E-state index is 11.6. The molecule has 0 bridgehead atoms. The third kappa shape index (κ3) is 1.38. The largest absolute Gasteiger partial charge is 0.469 e. The van der Waals surface area contributed by atoms with Crippen molar-refractivity contribution in [2.45, 2.75) is 18.2 Å². The molecular formula is C11H14O6. The second-order valence-electron chi connectivity index (χ2n) is 4.71. The second kappa shape index (κ2) is 3.52. The van der Waals surface area contributed by atoms with E-state index in [1.807, 2.05) is 0 Å². The summed E-state index contributed by atoms with van der Waals surface area (Å²) in [5, 5.41) is 20.1. The van der Waals surface area contributed by atoms with Gasteiger partial charge in [0.25, 0.3) is 0 Å². The van der Waals surface area contributed by atoms with Crippen LogP contribution in [-0.2, 0) is 19.0 Å². The molecule has 0 aromatic rings. The van der Waals surface area contributed by atoms with Gasteiger partial charge in [0.05, 0.1) is 19.6 Å². The van der Waals surface area contributed by atoms with Crippen LogP contribution in [0.25, 0.3) is 0 Å². The highest BCUT2D eigenvalue weighted by Crippen LogP contribution is 2.50. The standard InChI is InChI=1S/C11H14O6/c1-15-8(12)6-5-2-3-11(14)4-16-10(7(5)11)17-9(6)13/h2-3,5-7,9-10,13-14H,4H2,1H3/t5-,6-,7+,9-,10-,11+/m0/s1. The van der Waals surface area contributed by atoms with Crippen LogP contribution >= 0.6 is 0 Å². The molecule has 3 rings (SSSR count). The van der Waals surface area contributed by atoms with Gasteiger partial charge in [0.1, 0.15) is 11.5 Å². The Morgan fingerprint density at radius 2 is 2.35 bits per heavy atom. The van der Waals surface area contributed by atoms with Gasteiger partial charge < -0.3 is 24.4 Å². The Morgan fingerprint density at radius 3 is 3.06 bits per heavy atom. The summed E-state index contributed by atoms with van der Waals surface area (Å²) in [6, 6.07) is 0. The van der Waals surface area contributed by atoms with Gasteiger partial charge in [-0.3, -0.25) is 4.79 Å². The predicted octanol–water partition coefficient (Wildman–Crippen LogP) is -0.986. The number of methoxy groups -OCH3 is 1. The van der Waals surface area contributed by atoms with Gasteiger partial charge >= 0.3 is 5.97 Å². The number of carbonyl (C=O) groups excluding carboxylic acids is 1. The highest BCUT2D eigenvalue weighted by Gasteiger charge is 2.61. The molecule has 0 saturated carbocycles. The van der Waals surface area contributed by atoms with Crippen LogP contribution in [0.3, 0.4) is 0 Å². The Balaban J connectivity index is 1.95. The van der Waals surface area contributed by atoms with Gasteiger partial charge in [-0.2, -0.15) is 0 Å². The van der Waals surface area contributed by atoms with Crippen molar-refractivity contribution in [2.75, 3.05) is 13.7 Å². The quantitative estimate of drug-likeness (QED) is 0.454. The lowest BCUT2D eigenvalue weighted by Gasteiger charge is -2.39. The summed E-state index contributed by atoms with van der Waals surface area (Å²) >= 11 is 0. The summed E-state index contributed by atoms with van der Waals surface area (Å²) in [5.74, 6) is -2.02. The van der Waals surface area contributed by atoms with Crippen LogP contribution in [0.5, 0.6) is 0 Å². The first kappa shape index (κ1) is 11.2. The van der Waals surface area contributed by atoms with Crippen LogP contribution in [0.2, 0.25) is 0 Å². The van der Waals surface area contributed by atoms with Crippen LogP contribution in [-0.4, -0.2) is 48.1 Å². The summed E-state index contributed by atoms with van der Waals surface area (Å²) < 4.78 is 15.2. The van der Waals surface area contributed by atoms with E-state index in [-0.39, 0.29) is 18.4 Å². The monoisotopic (exact) mass is 242 g/mol. The van der Waals surface area contributed by atoms with E-state index in [1.54, 1.807) is 12.2 Å². The Bertz CT molecular complexity index is 380. The number of esters is 1. The van der Waals surface area contributed by atoms with Gasteiger partial charge in [-0.05, 0) is 0 Å².